The molecule has 13 heavy (non-hydrogen) atoms. The summed E-state index contributed by atoms with van der Waals surface area (Å²) in [7, 11) is 0. The van der Waals surface area contributed by atoms with Crippen LogP contribution < -0.4 is 5.32 Å². The predicted molar refractivity (Wildman–Crippen MR) is 49.3 cm³/mol. The van der Waals surface area contributed by atoms with E-state index in [-0.39, 0.29) is 0 Å². The minimum Gasteiger partial charge on any atom is -0.329 e. The van der Waals surface area contributed by atoms with Crippen LogP contribution in [0, 0.1) is 16.7 Å². The fourth-order valence-corrected chi connectivity index (χ4v) is 0.964. The van der Waals surface area contributed by atoms with Gasteiger partial charge in [-0.2, -0.15) is 5.26 Å². The molecule has 1 aliphatic carbocycles. The third-order valence-electron chi connectivity index (χ3n) is 1.79. The lowest BCUT2D eigenvalue weighted by atomic mass is 9.92. The second kappa shape index (κ2) is 3.72. The van der Waals surface area contributed by atoms with E-state index in [0.717, 1.165) is 0 Å². The van der Waals surface area contributed by atoms with E-state index in [1.807, 2.05) is 0 Å². The predicted octanol–water partition coefficient (Wildman–Crippen LogP) is 1.27. The molecule has 1 rings (SSSR count). The summed E-state index contributed by atoms with van der Waals surface area (Å²) < 4.78 is 0. The molecule has 3 nitrogen and oxygen atoms in total. The van der Waals surface area contributed by atoms with E-state index in [0.29, 0.717) is 12.1 Å². The fraction of sp³-hybridized carbons (Fsp3) is 0.200. The molecule has 0 spiro atoms. The molecule has 1 atom stereocenters. The summed E-state index contributed by atoms with van der Waals surface area (Å²) in [6.45, 7) is 1.80. The van der Waals surface area contributed by atoms with Gasteiger partial charge in [-0.1, -0.05) is 18.2 Å². The molecule has 3 heteroatoms. The second-order valence-electron chi connectivity index (χ2n) is 2.97. The SMILES string of the molecule is CC1(C#N)C=CC=C(NC=O)C=C1. The Morgan fingerprint density at radius 1 is 1.62 bits per heavy atom. The number of nitriles is 1. The number of carbonyl (C=O) groups is 1. The Bertz CT molecular complexity index is 333. The summed E-state index contributed by atoms with van der Waals surface area (Å²) in [5.74, 6) is 0. The average molecular weight is 174 g/mol. The van der Waals surface area contributed by atoms with E-state index in [4.69, 9.17) is 5.26 Å². The van der Waals surface area contributed by atoms with Gasteiger partial charge in [0, 0.05) is 5.70 Å². The van der Waals surface area contributed by atoms with Crippen LogP contribution >= 0.6 is 0 Å². The first-order valence-electron chi connectivity index (χ1n) is 3.90. The van der Waals surface area contributed by atoms with Crippen molar-refractivity contribution in [2.24, 2.45) is 5.41 Å². The zero-order valence-electron chi connectivity index (χ0n) is 7.32. The van der Waals surface area contributed by atoms with Crippen LogP contribution in [-0.4, -0.2) is 6.41 Å². The molecule has 0 fully saturated rings. The van der Waals surface area contributed by atoms with Crippen molar-refractivity contribution in [3.05, 3.63) is 36.1 Å². The summed E-state index contributed by atoms with van der Waals surface area (Å²) in [5, 5.41) is 11.3. The average Bonchev–Trinajstić information content (AvgIpc) is 2.31. The van der Waals surface area contributed by atoms with E-state index in [1.165, 1.54) is 0 Å². The van der Waals surface area contributed by atoms with Gasteiger partial charge < -0.3 is 5.32 Å². The molecule has 66 valence electrons. The summed E-state index contributed by atoms with van der Waals surface area (Å²) in [6.07, 6.45) is 9.36. The second-order valence-corrected chi connectivity index (χ2v) is 2.97. The van der Waals surface area contributed by atoms with Crippen LogP contribution in [0.5, 0.6) is 0 Å². The largest absolute Gasteiger partial charge is 0.329 e. The number of nitrogens with one attached hydrogen (secondary N) is 1. The highest BCUT2D eigenvalue weighted by Gasteiger charge is 2.16. The molecule has 1 aliphatic rings. The molecular formula is C10H10N2O. The highest BCUT2D eigenvalue weighted by molar-refractivity contribution is 5.53. The number of allylic oxidation sites excluding steroid dienone is 5. The zero-order chi connectivity index (χ0) is 9.73. The molecule has 0 bridgehead atoms. The van der Waals surface area contributed by atoms with Gasteiger partial charge in [0.05, 0.1) is 11.5 Å². The van der Waals surface area contributed by atoms with Crippen LogP contribution in [-0.2, 0) is 4.79 Å². The molecular weight excluding hydrogens is 164 g/mol. The van der Waals surface area contributed by atoms with E-state index in [2.05, 4.69) is 11.4 Å². The zero-order valence-corrected chi connectivity index (χ0v) is 7.32. The van der Waals surface area contributed by atoms with Crippen LogP contribution in [0.3, 0.4) is 0 Å². The summed E-state index contributed by atoms with van der Waals surface area (Å²) >= 11 is 0. The topological polar surface area (TPSA) is 52.9 Å². The Balaban J connectivity index is 2.87. The maximum atomic E-state index is 10.1. The van der Waals surface area contributed by atoms with Gasteiger partial charge in [0.1, 0.15) is 0 Å². The van der Waals surface area contributed by atoms with E-state index in [1.54, 1.807) is 37.3 Å². The Kier molecular flexibility index (Phi) is 2.65. The van der Waals surface area contributed by atoms with Crippen molar-refractivity contribution in [1.29, 1.82) is 5.26 Å². The lowest BCUT2D eigenvalue weighted by Crippen LogP contribution is -2.08. The van der Waals surface area contributed by atoms with Crippen LogP contribution in [0.4, 0.5) is 0 Å². The summed E-state index contributed by atoms with van der Waals surface area (Å²) in [5.41, 5.74) is 0.105. The van der Waals surface area contributed by atoms with Crippen LogP contribution in [0.2, 0.25) is 0 Å². The lowest BCUT2D eigenvalue weighted by Gasteiger charge is -2.08. The highest BCUT2D eigenvalue weighted by atomic mass is 16.1. The Morgan fingerprint density at radius 2 is 2.38 bits per heavy atom. The number of carbonyl (C=O) groups excluding carboxylic acids is 1. The number of hydrogen-bond acceptors (Lipinski definition) is 2. The van der Waals surface area contributed by atoms with E-state index < -0.39 is 5.41 Å². The normalized spacial score (nSPS) is 25.7. The van der Waals surface area contributed by atoms with Gasteiger partial charge in [-0.15, -0.1) is 0 Å². The van der Waals surface area contributed by atoms with E-state index >= 15 is 0 Å². The van der Waals surface area contributed by atoms with Crippen LogP contribution in [0.15, 0.2) is 36.1 Å². The Hall–Kier alpha value is -1.82. The molecule has 0 aromatic heterocycles. The van der Waals surface area contributed by atoms with Crippen molar-refractivity contribution in [2.45, 2.75) is 6.92 Å². The monoisotopic (exact) mass is 174 g/mol. The highest BCUT2D eigenvalue weighted by Crippen LogP contribution is 2.21. The van der Waals surface area contributed by atoms with Gasteiger partial charge in [0.2, 0.25) is 6.41 Å². The molecule has 0 radical (unpaired) electrons. The smallest absolute Gasteiger partial charge is 0.211 e. The molecule has 0 aromatic carbocycles. The Morgan fingerprint density at radius 3 is 3.00 bits per heavy atom. The van der Waals surface area contributed by atoms with Crippen molar-refractivity contribution >= 4 is 6.41 Å². The van der Waals surface area contributed by atoms with Crippen molar-refractivity contribution in [1.82, 2.24) is 5.32 Å². The van der Waals surface area contributed by atoms with Crippen molar-refractivity contribution in [3.63, 3.8) is 0 Å². The molecule has 0 heterocycles. The van der Waals surface area contributed by atoms with Gasteiger partial charge in [-0.05, 0) is 19.1 Å². The molecule has 0 saturated heterocycles. The van der Waals surface area contributed by atoms with Crippen LogP contribution in [0.25, 0.3) is 0 Å². The standard InChI is InChI=1S/C10H10N2O/c1-10(7-11)5-2-3-9(4-6-10)12-8-13/h2-6,8H,1H3,(H,12,13). The molecule has 1 unspecified atom stereocenters. The molecule has 0 aromatic rings. The van der Waals surface area contributed by atoms with Crippen molar-refractivity contribution in [2.75, 3.05) is 0 Å². The maximum absolute atomic E-state index is 10.1. The maximum Gasteiger partial charge on any atom is 0.211 e. The summed E-state index contributed by atoms with van der Waals surface area (Å²) in [4.78, 5) is 10.1. The molecule has 0 saturated carbocycles. The summed E-state index contributed by atoms with van der Waals surface area (Å²) in [6, 6.07) is 2.16. The molecule has 1 amide bonds. The quantitative estimate of drug-likeness (QED) is 0.641. The molecule has 1 N–H and O–H groups in total. The van der Waals surface area contributed by atoms with Gasteiger partial charge in [0.25, 0.3) is 0 Å². The van der Waals surface area contributed by atoms with Gasteiger partial charge in [-0.3, -0.25) is 4.79 Å². The van der Waals surface area contributed by atoms with E-state index in [9.17, 15) is 4.79 Å². The van der Waals surface area contributed by atoms with Crippen molar-refractivity contribution in [3.8, 4) is 6.07 Å². The number of hydrogen-bond donors (Lipinski definition) is 1. The Labute approximate surface area is 77.1 Å². The number of rotatable bonds is 2. The van der Waals surface area contributed by atoms with Crippen molar-refractivity contribution < 1.29 is 4.79 Å². The van der Waals surface area contributed by atoms with Gasteiger partial charge >= 0.3 is 0 Å². The first-order valence-corrected chi connectivity index (χ1v) is 3.90. The minimum atomic E-state index is -0.581. The third kappa shape index (κ3) is 2.31. The first-order chi connectivity index (χ1) is 6.20. The fourth-order valence-electron chi connectivity index (χ4n) is 0.964. The minimum absolute atomic E-state index is 0.581. The molecule has 0 aliphatic heterocycles. The van der Waals surface area contributed by atoms with Gasteiger partial charge in [0.15, 0.2) is 0 Å². The lowest BCUT2D eigenvalue weighted by molar-refractivity contribution is -0.108. The first kappa shape index (κ1) is 9.27. The van der Waals surface area contributed by atoms with Crippen LogP contribution in [0.1, 0.15) is 6.92 Å². The number of nitrogens with zero attached hydrogens (tertiary/aromatic N) is 1. The number of amides is 1. The third-order valence-corrected chi connectivity index (χ3v) is 1.79. The van der Waals surface area contributed by atoms with Gasteiger partial charge in [-0.25, -0.2) is 0 Å².